The van der Waals surface area contributed by atoms with Gasteiger partial charge in [0.2, 0.25) is 0 Å². The van der Waals surface area contributed by atoms with E-state index in [1.165, 1.54) is 0 Å². The zero-order chi connectivity index (χ0) is 18.6. The lowest BCUT2D eigenvalue weighted by molar-refractivity contribution is 0.120. The first-order valence-electron chi connectivity index (χ1n) is 8.49. The summed E-state index contributed by atoms with van der Waals surface area (Å²) in [4.78, 5) is 4.00. The van der Waals surface area contributed by atoms with Crippen LogP contribution in [0.4, 0.5) is 0 Å². The van der Waals surface area contributed by atoms with Gasteiger partial charge in [-0.05, 0) is 48.6 Å². The molecule has 0 aliphatic carbocycles. The van der Waals surface area contributed by atoms with Crippen molar-refractivity contribution >= 4 is 26.8 Å². The highest BCUT2D eigenvalue weighted by Gasteiger charge is 2.20. The molecule has 2 atom stereocenters. The molecule has 4 nitrogen and oxygen atoms in total. The van der Waals surface area contributed by atoms with Gasteiger partial charge in [0.05, 0.1) is 0 Å². The highest BCUT2D eigenvalue weighted by atomic mass is 79.9. The van der Waals surface area contributed by atoms with Gasteiger partial charge in [-0.2, -0.15) is 0 Å². The van der Waals surface area contributed by atoms with Gasteiger partial charge in [-0.25, -0.2) is 0 Å². The van der Waals surface area contributed by atoms with Crippen molar-refractivity contribution in [2.45, 2.75) is 31.6 Å². The monoisotopic (exact) mass is 412 g/mol. The van der Waals surface area contributed by atoms with E-state index in [0.717, 1.165) is 29.2 Å². The van der Waals surface area contributed by atoms with Crippen LogP contribution in [-0.2, 0) is 12.1 Å². The second kappa shape index (κ2) is 8.05. The Morgan fingerprint density at radius 3 is 2.88 bits per heavy atom. The molecular formula is C21H21BrN2O2. The number of aliphatic hydroxyl groups is 2. The van der Waals surface area contributed by atoms with E-state index in [0.29, 0.717) is 11.1 Å². The van der Waals surface area contributed by atoms with Gasteiger partial charge in [0.25, 0.3) is 0 Å². The Labute approximate surface area is 161 Å². The van der Waals surface area contributed by atoms with Gasteiger partial charge in [0.1, 0.15) is 11.7 Å². The highest BCUT2D eigenvalue weighted by molar-refractivity contribution is 9.09. The van der Waals surface area contributed by atoms with E-state index < -0.39 is 11.7 Å². The Morgan fingerprint density at radius 2 is 2.15 bits per heavy atom. The number of benzene rings is 1. The van der Waals surface area contributed by atoms with Gasteiger partial charge in [-0.1, -0.05) is 39.9 Å². The number of rotatable bonds is 5. The molecule has 3 rings (SSSR count). The number of alkyl halides is 1. The van der Waals surface area contributed by atoms with E-state index in [1.54, 1.807) is 31.5 Å². The van der Waals surface area contributed by atoms with Crippen LogP contribution in [0.2, 0.25) is 0 Å². The Hall–Kier alpha value is -2.13. The van der Waals surface area contributed by atoms with Crippen molar-refractivity contribution < 1.29 is 10.2 Å². The van der Waals surface area contributed by atoms with Crippen LogP contribution in [0.5, 0.6) is 0 Å². The van der Waals surface area contributed by atoms with Crippen molar-refractivity contribution in [2.75, 3.05) is 5.33 Å². The Balaban J connectivity index is 1.81. The molecule has 2 N–H and O–H groups in total. The molecule has 0 saturated carbocycles. The number of fused-ring (bicyclic) bond motifs is 1. The van der Waals surface area contributed by atoms with E-state index in [9.17, 15) is 10.2 Å². The molecule has 0 spiro atoms. The predicted molar refractivity (Wildman–Crippen MR) is 107 cm³/mol. The fourth-order valence-electron chi connectivity index (χ4n) is 2.83. The minimum absolute atomic E-state index is 0.596. The number of aliphatic hydroxyl groups excluding tert-OH is 1. The van der Waals surface area contributed by atoms with Crippen molar-refractivity contribution in [1.82, 2.24) is 9.55 Å². The average Bonchev–Trinajstić information content (AvgIpc) is 3.07. The molecule has 1 aromatic carbocycles. The molecule has 5 heteroatoms. The molecule has 0 saturated heterocycles. The lowest BCUT2D eigenvalue weighted by Crippen LogP contribution is -2.18. The summed E-state index contributed by atoms with van der Waals surface area (Å²) >= 11 is 3.45. The minimum atomic E-state index is -1.36. The molecule has 0 fully saturated rings. The van der Waals surface area contributed by atoms with Crippen molar-refractivity contribution in [3.05, 3.63) is 66.1 Å². The van der Waals surface area contributed by atoms with Crippen LogP contribution < -0.4 is 0 Å². The number of pyridine rings is 1. The summed E-state index contributed by atoms with van der Waals surface area (Å²) in [6.07, 6.45) is 5.36. The third-order valence-corrected chi connectivity index (χ3v) is 4.88. The van der Waals surface area contributed by atoms with Gasteiger partial charge in [0.15, 0.2) is 0 Å². The number of halogens is 1. The Morgan fingerprint density at radius 1 is 1.31 bits per heavy atom. The first kappa shape index (κ1) is 18.7. The number of nitrogens with zero attached hydrogens (tertiary/aromatic N) is 2. The maximum Gasteiger partial charge on any atom is 0.149 e. The van der Waals surface area contributed by atoms with Gasteiger partial charge < -0.3 is 14.8 Å². The molecule has 3 aromatic rings. The van der Waals surface area contributed by atoms with Crippen LogP contribution in [0.1, 0.15) is 30.6 Å². The summed E-state index contributed by atoms with van der Waals surface area (Å²) in [6, 6.07) is 11.4. The highest BCUT2D eigenvalue weighted by Crippen LogP contribution is 2.23. The molecule has 0 bridgehead atoms. The molecular weight excluding hydrogens is 392 g/mol. The minimum Gasteiger partial charge on any atom is -0.376 e. The third-order valence-electron chi connectivity index (χ3n) is 4.32. The maximum absolute atomic E-state index is 10.5. The number of aromatic nitrogens is 2. The summed E-state index contributed by atoms with van der Waals surface area (Å²) in [5, 5.41) is 23.0. The molecule has 2 aromatic heterocycles. The van der Waals surface area contributed by atoms with E-state index in [1.807, 2.05) is 24.3 Å². The standard InChI is InChI=1S/C21H21BrN2O2/c1-21(26,18-4-2-11-23-15-18)9-7-20(25)17-5-6-19-16(14-17)8-13-24(19)12-3-10-22/h2,4-6,8,11,13-15,20,25-26H,3,10,12H2,1H3. The van der Waals surface area contributed by atoms with Gasteiger partial charge in [-0.15, -0.1) is 0 Å². The fourth-order valence-corrected chi connectivity index (χ4v) is 3.08. The molecule has 2 heterocycles. The largest absolute Gasteiger partial charge is 0.376 e. The lowest BCUT2D eigenvalue weighted by atomic mass is 9.97. The number of hydrogen-bond donors (Lipinski definition) is 2. The van der Waals surface area contributed by atoms with E-state index in [4.69, 9.17) is 0 Å². The predicted octanol–water partition coefficient (Wildman–Crippen LogP) is 3.77. The molecule has 0 amide bonds. The Bertz CT molecular complexity index is 939. The van der Waals surface area contributed by atoms with Crippen LogP contribution >= 0.6 is 15.9 Å². The maximum atomic E-state index is 10.5. The quantitative estimate of drug-likeness (QED) is 0.495. The zero-order valence-corrected chi connectivity index (χ0v) is 16.1. The molecule has 2 unspecified atom stereocenters. The van der Waals surface area contributed by atoms with Crippen molar-refractivity contribution in [3.8, 4) is 11.8 Å². The van der Waals surface area contributed by atoms with Crippen LogP contribution in [0.3, 0.4) is 0 Å². The van der Waals surface area contributed by atoms with Gasteiger partial charge in [0, 0.05) is 41.5 Å². The second-order valence-corrected chi connectivity index (χ2v) is 7.15. The SMILES string of the molecule is CC(O)(C#CC(O)c1ccc2c(ccn2CCCBr)c1)c1cccnc1. The summed E-state index contributed by atoms with van der Waals surface area (Å²) in [5.74, 6) is 5.52. The van der Waals surface area contributed by atoms with Crippen LogP contribution in [0.15, 0.2) is 55.0 Å². The smallest absolute Gasteiger partial charge is 0.149 e. The van der Waals surface area contributed by atoms with E-state index >= 15 is 0 Å². The summed E-state index contributed by atoms with van der Waals surface area (Å²) in [6.45, 7) is 2.54. The topological polar surface area (TPSA) is 58.3 Å². The third kappa shape index (κ3) is 4.16. The van der Waals surface area contributed by atoms with Crippen molar-refractivity contribution in [2.24, 2.45) is 0 Å². The first-order valence-corrected chi connectivity index (χ1v) is 9.62. The van der Waals surface area contributed by atoms with Crippen LogP contribution in [0, 0.1) is 11.8 Å². The first-order chi connectivity index (χ1) is 12.5. The summed E-state index contributed by atoms with van der Waals surface area (Å²) in [5.41, 5.74) is 1.08. The number of hydrogen-bond acceptors (Lipinski definition) is 3. The van der Waals surface area contributed by atoms with Crippen molar-refractivity contribution in [3.63, 3.8) is 0 Å². The molecule has 0 radical (unpaired) electrons. The van der Waals surface area contributed by atoms with Crippen LogP contribution in [0.25, 0.3) is 10.9 Å². The molecule has 134 valence electrons. The molecule has 26 heavy (non-hydrogen) atoms. The molecule has 0 aliphatic heterocycles. The second-order valence-electron chi connectivity index (χ2n) is 6.36. The fraction of sp³-hybridized carbons (Fsp3) is 0.286. The average molecular weight is 413 g/mol. The summed E-state index contributed by atoms with van der Waals surface area (Å²) < 4.78 is 2.20. The van der Waals surface area contributed by atoms with E-state index in [2.05, 4.69) is 43.5 Å². The molecule has 0 aliphatic rings. The Kier molecular flexibility index (Phi) is 5.77. The van der Waals surface area contributed by atoms with Crippen molar-refractivity contribution in [1.29, 1.82) is 0 Å². The lowest BCUT2D eigenvalue weighted by Gasteiger charge is -2.16. The van der Waals surface area contributed by atoms with Gasteiger partial charge in [-0.3, -0.25) is 4.98 Å². The van der Waals surface area contributed by atoms with E-state index in [-0.39, 0.29) is 0 Å². The zero-order valence-electron chi connectivity index (χ0n) is 14.6. The van der Waals surface area contributed by atoms with Crippen LogP contribution in [-0.4, -0.2) is 25.1 Å². The normalized spacial score (nSPS) is 14.5. The van der Waals surface area contributed by atoms with Gasteiger partial charge >= 0.3 is 0 Å². The summed E-state index contributed by atoms with van der Waals surface area (Å²) in [7, 11) is 0. The number of aryl methyl sites for hydroxylation is 1.